The molecule has 0 spiro atoms. The highest BCUT2D eigenvalue weighted by Gasteiger charge is 2.40. The summed E-state index contributed by atoms with van der Waals surface area (Å²) in [6.07, 6.45) is 5.94. The van der Waals surface area contributed by atoms with Gasteiger partial charge in [0.2, 0.25) is 5.91 Å². The van der Waals surface area contributed by atoms with Crippen LogP contribution in [0.5, 0.6) is 0 Å². The van der Waals surface area contributed by atoms with E-state index in [1.807, 2.05) is 0 Å². The molecule has 0 radical (unpaired) electrons. The van der Waals surface area contributed by atoms with Crippen LogP contribution in [0.4, 0.5) is 5.69 Å². The zero-order valence-corrected chi connectivity index (χ0v) is 9.98. The molecule has 17 heavy (non-hydrogen) atoms. The summed E-state index contributed by atoms with van der Waals surface area (Å²) in [6, 6.07) is 0. The van der Waals surface area contributed by atoms with Gasteiger partial charge in [-0.05, 0) is 19.3 Å². The second kappa shape index (κ2) is 4.85. The van der Waals surface area contributed by atoms with Gasteiger partial charge in [-0.15, -0.1) is 0 Å². The summed E-state index contributed by atoms with van der Waals surface area (Å²) in [7, 11) is 1.64. The Morgan fingerprint density at radius 2 is 2.47 bits per heavy atom. The lowest BCUT2D eigenvalue weighted by atomic mass is 9.77. The summed E-state index contributed by atoms with van der Waals surface area (Å²) in [4.78, 5) is 11.8. The van der Waals surface area contributed by atoms with Gasteiger partial charge in [-0.3, -0.25) is 9.48 Å². The van der Waals surface area contributed by atoms with Gasteiger partial charge in [0, 0.05) is 13.3 Å². The average molecular weight is 238 g/mol. The van der Waals surface area contributed by atoms with Gasteiger partial charge in [-0.1, -0.05) is 0 Å². The SMILES string of the molecule is COCCn1cc(NC(=O)C2(N)CCC2)cn1. The van der Waals surface area contributed by atoms with Crippen LogP contribution in [0, 0.1) is 0 Å². The summed E-state index contributed by atoms with van der Waals surface area (Å²) in [5, 5.41) is 6.91. The maximum absolute atomic E-state index is 11.8. The standard InChI is InChI=1S/C11H18N4O2/c1-17-6-5-15-8-9(7-13-15)14-10(16)11(12)3-2-4-11/h7-8H,2-6,12H2,1H3,(H,14,16). The minimum absolute atomic E-state index is 0.116. The first-order valence-electron chi connectivity index (χ1n) is 5.76. The summed E-state index contributed by atoms with van der Waals surface area (Å²) < 4.78 is 6.67. The van der Waals surface area contributed by atoms with Crippen molar-refractivity contribution in [3.63, 3.8) is 0 Å². The maximum Gasteiger partial charge on any atom is 0.244 e. The van der Waals surface area contributed by atoms with Crippen LogP contribution in [0.15, 0.2) is 12.4 Å². The van der Waals surface area contributed by atoms with E-state index < -0.39 is 5.54 Å². The number of hydrogen-bond acceptors (Lipinski definition) is 4. The largest absolute Gasteiger partial charge is 0.383 e. The van der Waals surface area contributed by atoms with E-state index in [4.69, 9.17) is 10.5 Å². The number of rotatable bonds is 5. The molecule has 0 saturated heterocycles. The number of methoxy groups -OCH3 is 1. The van der Waals surface area contributed by atoms with Crippen LogP contribution in [-0.2, 0) is 16.1 Å². The molecule has 1 amide bonds. The molecule has 6 heteroatoms. The lowest BCUT2D eigenvalue weighted by Gasteiger charge is -2.35. The quantitative estimate of drug-likeness (QED) is 0.775. The predicted molar refractivity (Wildman–Crippen MR) is 63.5 cm³/mol. The molecule has 1 aromatic rings. The number of nitrogens with one attached hydrogen (secondary N) is 1. The van der Waals surface area contributed by atoms with Gasteiger partial charge in [0.15, 0.2) is 0 Å². The van der Waals surface area contributed by atoms with E-state index in [0.29, 0.717) is 18.8 Å². The molecule has 0 unspecified atom stereocenters. The number of aromatic nitrogens is 2. The summed E-state index contributed by atoms with van der Waals surface area (Å²) >= 11 is 0. The highest BCUT2D eigenvalue weighted by Crippen LogP contribution is 2.30. The number of amides is 1. The third-order valence-electron chi connectivity index (χ3n) is 3.11. The zero-order chi connectivity index (χ0) is 12.3. The predicted octanol–water partition coefficient (Wildman–Crippen LogP) is 0.349. The second-order valence-electron chi connectivity index (χ2n) is 4.45. The van der Waals surface area contributed by atoms with Crippen molar-refractivity contribution < 1.29 is 9.53 Å². The van der Waals surface area contributed by atoms with Crippen LogP contribution in [0.1, 0.15) is 19.3 Å². The van der Waals surface area contributed by atoms with Gasteiger partial charge >= 0.3 is 0 Å². The van der Waals surface area contributed by atoms with Crippen molar-refractivity contribution in [2.24, 2.45) is 5.73 Å². The average Bonchev–Trinajstić information content (AvgIpc) is 2.70. The number of carbonyl (C=O) groups is 1. The Bertz CT molecular complexity index is 398. The Morgan fingerprint density at radius 3 is 3.06 bits per heavy atom. The van der Waals surface area contributed by atoms with Gasteiger partial charge in [0.25, 0.3) is 0 Å². The lowest BCUT2D eigenvalue weighted by Crippen LogP contribution is -2.56. The number of nitrogens with zero attached hydrogens (tertiary/aromatic N) is 2. The molecule has 1 aliphatic carbocycles. The maximum atomic E-state index is 11.8. The molecule has 1 aliphatic rings. The fraction of sp³-hybridized carbons (Fsp3) is 0.636. The highest BCUT2D eigenvalue weighted by molar-refractivity contribution is 5.98. The molecule has 0 aliphatic heterocycles. The zero-order valence-electron chi connectivity index (χ0n) is 9.98. The molecule has 0 bridgehead atoms. The van der Waals surface area contributed by atoms with Gasteiger partial charge in [0.05, 0.1) is 30.6 Å². The molecule has 94 valence electrons. The van der Waals surface area contributed by atoms with Gasteiger partial charge < -0.3 is 15.8 Å². The Balaban J connectivity index is 1.90. The Labute approximate surface area is 100 Å². The van der Waals surface area contributed by atoms with E-state index in [9.17, 15) is 4.79 Å². The third-order valence-corrected chi connectivity index (χ3v) is 3.11. The van der Waals surface area contributed by atoms with Crippen molar-refractivity contribution in [2.45, 2.75) is 31.3 Å². The molecule has 1 saturated carbocycles. The topological polar surface area (TPSA) is 82.2 Å². The van der Waals surface area contributed by atoms with Crippen LogP contribution in [0.25, 0.3) is 0 Å². The first-order chi connectivity index (χ1) is 8.14. The van der Waals surface area contributed by atoms with E-state index in [-0.39, 0.29) is 5.91 Å². The first kappa shape index (κ1) is 12.1. The van der Waals surface area contributed by atoms with E-state index in [1.54, 1.807) is 24.2 Å². The summed E-state index contributed by atoms with van der Waals surface area (Å²) in [5.41, 5.74) is 5.93. The number of nitrogens with two attached hydrogens (primary N) is 1. The molecule has 0 atom stereocenters. The van der Waals surface area contributed by atoms with Gasteiger partial charge in [-0.25, -0.2) is 0 Å². The molecule has 1 fully saturated rings. The summed E-state index contributed by atoms with van der Waals surface area (Å²) in [6.45, 7) is 1.26. The Morgan fingerprint density at radius 1 is 1.71 bits per heavy atom. The van der Waals surface area contributed by atoms with Crippen LogP contribution in [-0.4, -0.2) is 34.9 Å². The fourth-order valence-corrected chi connectivity index (χ4v) is 1.78. The number of carbonyl (C=O) groups excluding carboxylic acids is 1. The van der Waals surface area contributed by atoms with Crippen molar-refractivity contribution in [3.8, 4) is 0 Å². The Hall–Kier alpha value is -1.40. The van der Waals surface area contributed by atoms with Crippen molar-refractivity contribution in [1.82, 2.24) is 9.78 Å². The second-order valence-corrected chi connectivity index (χ2v) is 4.45. The van der Waals surface area contributed by atoms with Gasteiger partial charge in [-0.2, -0.15) is 5.10 Å². The molecule has 1 aromatic heterocycles. The van der Waals surface area contributed by atoms with Crippen molar-refractivity contribution in [2.75, 3.05) is 19.0 Å². The van der Waals surface area contributed by atoms with Crippen molar-refractivity contribution in [3.05, 3.63) is 12.4 Å². The van der Waals surface area contributed by atoms with E-state index >= 15 is 0 Å². The molecular weight excluding hydrogens is 220 g/mol. The van der Waals surface area contributed by atoms with Crippen LogP contribution < -0.4 is 11.1 Å². The highest BCUT2D eigenvalue weighted by atomic mass is 16.5. The normalized spacial score (nSPS) is 17.5. The van der Waals surface area contributed by atoms with Crippen molar-refractivity contribution >= 4 is 11.6 Å². The molecule has 6 nitrogen and oxygen atoms in total. The fourth-order valence-electron chi connectivity index (χ4n) is 1.78. The third kappa shape index (κ3) is 2.65. The van der Waals surface area contributed by atoms with E-state index in [2.05, 4.69) is 10.4 Å². The Kier molecular flexibility index (Phi) is 3.44. The van der Waals surface area contributed by atoms with Gasteiger partial charge in [0.1, 0.15) is 0 Å². The minimum atomic E-state index is -0.672. The minimum Gasteiger partial charge on any atom is -0.383 e. The molecule has 2 rings (SSSR count). The number of hydrogen-bond donors (Lipinski definition) is 2. The lowest BCUT2D eigenvalue weighted by molar-refractivity contribution is -0.123. The molecule has 0 aromatic carbocycles. The number of anilines is 1. The first-order valence-corrected chi connectivity index (χ1v) is 5.76. The van der Waals surface area contributed by atoms with E-state index in [1.165, 1.54) is 0 Å². The monoisotopic (exact) mass is 238 g/mol. The molecule has 3 N–H and O–H groups in total. The molecular formula is C11H18N4O2. The molecule has 1 heterocycles. The summed E-state index contributed by atoms with van der Waals surface area (Å²) in [5.74, 6) is -0.116. The smallest absolute Gasteiger partial charge is 0.244 e. The van der Waals surface area contributed by atoms with Crippen LogP contribution in [0.3, 0.4) is 0 Å². The van der Waals surface area contributed by atoms with Crippen molar-refractivity contribution in [1.29, 1.82) is 0 Å². The van der Waals surface area contributed by atoms with Crippen LogP contribution in [0.2, 0.25) is 0 Å². The van der Waals surface area contributed by atoms with Crippen LogP contribution >= 0.6 is 0 Å². The number of ether oxygens (including phenoxy) is 1. The van der Waals surface area contributed by atoms with E-state index in [0.717, 1.165) is 19.3 Å².